The average molecular weight is 361 g/mol. The minimum Gasteiger partial charge on any atom is -0.467 e. The molecule has 0 bridgehead atoms. The molecule has 25 heavy (non-hydrogen) atoms. The van der Waals surface area contributed by atoms with Crippen LogP contribution in [0.25, 0.3) is 0 Å². The summed E-state index contributed by atoms with van der Waals surface area (Å²) in [7, 11) is 1.34. The molecule has 0 radical (unpaired) electrons. The van der Waals surface area contributed by atoms with E-state index in [0.717, 1.165) is 13.0 Å². The van der Waals surface area contributed by atoms with Crippen LogP contribution in [-0.2, 0) is 23.7 Å². The van der Waals surface area contributed by atoms with E-state index in [4.69, 9.17) is 14.2 Å². The Bertz CT molecular complexity index is 271. The fourth-order valence-corrected chi connectivity index (χ4v) is 2.52. The molecule has 0 N–H and O–H groups in total. The third kappa shape index (κ3) is 21.3. The van der Waals surface area contributed by atoms with Crippen molar-refractivity contribution >= 4 is 5.97 Å². The first-order valence-electron chi connectivity index (χ1n) is 10.1. The molecule has 150 valence electrons. The van der Waals surface area contributed by atoms with Gasteiger partial charge in [-0.2, -0.15) is 0 Å². The van der Waals surface area contributed by atoms with Gasteiger partial charge < -0.3 is 18.9 Å². The summed E-state index contributed by atoms with van der Waals surface area (Å²) in [5, 5.41) is 0. The molecule has 0 aromatic carbocycles. The Morgan fingerprint density at radius 1 is 0.600 bits per heavy atom. The Kier molecular flexibility index (Phi) is 20.8. The van der Waals surface area contributed by atoms with Gasteiger partial charge in [-0.3, -0.25) is 0 Å². The summed E-state index contributed by atoms with van der Waals surface area (Å²) >= 11 is 0. The topological polar surface area (TPSA) is 54.0 Å². The van der Waals surface area contributed by atoms with Crippen LogP contribution in [0, 0.1) is 0 Å². The molecule has 0 aromatic rings. The van der Waals surface area contributed by atoms with Gasteiger partial charge in [-0.05, 0) is 6.42 Å². The minimum absolute atomic E-state index is 0.0186. The van der Waals surface area contributed by atoms with E-state index in [9.17, 15) is 4.79 Å². The number of ether oxygens (including phenoxy) is 4. The maximum atomic E-state index is 10.8. The maximum Gasteiger partial charge on any atom is 0.331 e. The summed E-state index contributed by atoms with van der Waals surface area (Å²) in [6.07, 6.45) is 14.9. The predicted octanol–water partition coefficient (Wildman–Crippen LogP) is 4.52. The second kappa shape index (κ2) is 21.4. The molecule has 0 heterocycles. The fraction of sp³-hybridized carbons (Fsp3) is 0.950. The van der Waals surface area contributed by atoms with E-state index in [1.54, 1.807) is 0 Å². The maximum absolute atomic E-state index is 10.8. The van der Waals surface area contributed by atoms with Crippen LogP contribution < -0.4 is 0 Å². The minimum atomic E-state index is -0.365. The Hall–Kier alpha value is -0.650. The molecular weight excluding hydrogens is 320 g/mol. The summed E-state index contributed by atoms with van der Waals surface area (Å²) in [6, 6.07) is 0. The van der Waals surface area contributed by atoms with Gasteiger partial charge in [0.05, 0.1) is 33.5 Å². The van der Waals surface area contributed by atoms with Crippen LogP contribution in [0.2, 0.25) is 0 Å². The van der Waals surface area contributed by atoms with Crippen LogP contribution in [-0.4, -0.2) is 52.7 Å². The van der Waals surface area contributed by atoms with Crippen molar-refractivity contribution in [2.24, 2.45) is 0 Å². The largest absolute Gasteiger partial charge is 0.467 e. The molecule has 0 aromatic heterocycles. The zero-order chi connectivity index (χ0) is 18.4. The van der Waals surface area contributed by atoms with E-state index in [0.29, 0.717) is 26.4 Å². The third-order valence-electron chi connectivity index (χ3n) is 4.08. The van der Waals surface area contributed by atoms with E-state index in [-0.39, 0.29) is 12.6 Å². The average Bonchev–Trinajstić information content (AvgIpc) is 2.63. The first-order chi connectivity index (χ1) is 12.3. The van der Waals surface area contributed by atoms with Crippen molar-refractivity contribution in [1.29, 1.82) is 0 Å². The number of hydrogen-bond donors (Lipinski definition) is 0. The summed E-state index contributed by atoms with van der Waals surface area (Å²) in [5.74, 6) is -0.365. The number of carbonyl (C=O) groups excluding carboxylic acids is 1. The van der Waals surface area contributed by atoms with Crippen molar-refractivity contribution in [3.63, 3.8) is 0 Å². The van der Waals surface area contributed by atoms with Gasteiger partial charge in [0.15, 0.2) is 0 Å². The predicted molar refractivity (Wildman–Crippen MR) is 101 cm³/mol. The van der Waals surface area contributed by atoms with Gasteiger partial charge in [0.1, 0.15) is 6.61 Å². The number of methoxy groups -OCH3 is 1. The van der Waals surface area contributed by atoms with Gasteiger partial charge in [-0.25, -0.2) is 4.79 Å². The quantitative estimate of drug-likeness (QED) is 0.236. The smallest absolute Gasteiger partial charge is 0.331 e. The lowest BCUT2D eigenvalue weighted by Gasteiger charge is -2.06. The molecule has 0 saturated carbocycles. The summed E-state index contributed by atoms with van der Waals surface area (Å²) in [6.45, 7) is 5.12. The van der Waals surface area contributed by atoms with Crippen LogP contribution in [0.1, 0.15) is 77.6 Å². The van der Waals surface area contributed by atoms with Crippen molar-refractivity contribution in [2.75, 3.05) is 46.8 Å². The normalized spacial score (nSPS) is 11.0. The summed E-state index contributed by atoms with van der Waals surface area (Å²) in [5.41, 5.74) is 0. The van der Waals surface area contributed by atoms with E-state index < -0.39 is 0 Å². The molecule has 0 unspecified atom stereocenters. The van der Waals surface area contributed by atoms with E-state index in [1.165, 1.54) is 71.3 Å². The Morgan fingerprint density at radius 3 is 1.56 bits per heavy atom. The van der Waals surface area contributed by atoms with Gasteiger partial charge in [-0.1, -0.05) is 71.1 Å². The zero-order valence-electron chi connectivity index (χ0n) is 16.6. The molecular formula is C20H40O5. The van der Waals surface area contributed by atoms with Crippen molar-refractivity contribution in [3.8, 4) is 0 Å². The molecule has 0 saturated heterocycles. The lowest BCUT2D eigenvalue weighted by Crippen LogP contribution is -2.14. The highest BCUT2D eigenvalue weighted by Crippen LogP contribution is 2.11. The number of carbonyl (C=O) groups is 1. The second-order valence-electron chi connectivity index (χ2n) is 6.39. The summed E-state index contributed by atoms with van der Waals surface area (Å²) in [4.78, 5) is 10.8. The molecule has 0 spiro atoms. The number of esters is 1. The van der Waals surface area contributed by atoms with E-state index in [1.807, 2.05) is 0 Å². The zero-order valence-corrected chi connectivity index (χ0v) is 16.6. The first kappa shape index (κ1) is 24.4. The third-order valence-corrected chi connectivity index (χ3v) is 4.08. The fourth-order valence-electron chi connectivity index (χ4n) is 2.52. The van der Waals surface area contributed by atoms with Crippen molar-refractivity contribution in [1.82, 2.24) is 0 Å². The van der Waals surface area contributed by atoms with E-state index >= 15 is 0 Å². The number of hydrogen-bond acceptors (Lipinski definition) is 5. The first-order valence-corrected chi connectivity index (χ1v) is 10.1. The molecule has 0 aliphatic rings. The highest BCUT2D eigenvalue weighted by Gasteiger charge is 1.99. The van der Waals surface area contributed by atoms with Gasteiger partial charge in [-0.15, -0.1) is 0 Å². The Balaban J connectivity index is 2.99. The molecule has 0 amide bonds. The summed E-state index contributed by atoms with van der Waals surface area (Å²) < 4.78 is 20.4. The van der Waals surface area contributed by atoms with Gasteiger partial charge >= 0.3 is 5.97 Å². The standard InChI is InChI=1S/C20H40O5/c1-3-4-5-6-7-8-9-10-11-12-13-14-23-15-16-24-17-18-25-19-20(21)22-2/h3-19H2,1-2H3. The van der Waals surface area contributed by atoms with Crippen LogP contribution in [0.15, 0.2) is 0 Å². The van der Waals surface area contributed by atoms with Gasteiger partial charge in [0.25, 0.3) is 0 Å². The SMILES string of the molecule is CCCCCCCCCCCCCOCCOCCOCC(=O)OC. The molecule has 0 aliphatic heterocycles. The Labute approximate surface area is 154 Å². The molecule has 0 fully saturated rings. The van der Waals surface area contributed by atoms with Crippen molar-refractivity contribution in [2.45, 2.75) is 77.6 Å². The van der Waals surface area contributed by atoms with Crippen LogP contribution in [0.3, 0.4) is 0 Å². The molecule has 5 nitrogen and oxygen atoms in total. The van der Waals surface area contributed by atoms with Gasteiger partial charge in [0, 0.05) is 6.61 Å². The van der Waals surface area contributed by atoms with Gasteiger partial charge in [0.2, 0.25) is 0 Å². The van der Waals surface area contributed by atoms with Crippen molar-refractivity contribution < 1.29 is 23.7 Å². The number of rotatable bonds is 20. The molecule has 5 heteroatoms. The highest BCUT2D eigenvalue weighted by molar-refractivity contribution is 5.70. The van der Waals surface area contributed by atoms with Crippen molar-refractivity contribution in [3.05, 3.63) is 0 Å². The Morgan fingerprint density at radius 2 is 1.04 bits per heavy atom. The number of unbranched alkanes of at least 4 members (excludes halogenated alkanes) is 10. The monoisotopic (exact) mass is 360 g/mol. The van der Waals surface area contributed by atoms with Crippen LogP contribution in [0.4, 0.5) is 0 Å². The van der Waals surface area contributed by atoms with Crippen LogP contribution in [0.5, 0.6) is 0 Å². The second-order valence-corrected chi connectivity index (χ2v) is 6.39. The highest BCUT2D eigenvalue weighted by atomic mass is 16.6. The molecule has 0 aliphatic carbocycles. The lowest BCUT2D eigenvalue weighted by molar-refractivity contribution is -0.146. The molecule has 0 rings (SSSR count). The molecule has 0 atom stereocenters. The van der Waals surface area contributed by atoms with E-state index in [2.05, 4.69) is 11.7 Å². The van der Waals surface area contributed by atoms with Crippen LogP contribution >= 0.6 is 0 Å². The lowest BCUT2D eigenvalue weighted by atomic mass is 10.1.